The fraction of sp³-hybridized carbons (Fsp3) is 0.600. The monoisotopic (exact) mass is 264 g/mol. The van der Waals surface area contributed by atoms with E-state index in [0.717, 1.165) is 5.54 Å². The summed E-state index contributed by atoms with van der Waals surface area (Å²) in [7, 11) is -2.59. The quantitative estimate of drug-likeness (QED) is 0.550. The second kappa shape index (κ2) is 6.01. The van der Waals surface area contributed by atoms with Crippen LogP contribution in [-0.4, -0.2) is 16.1 Å². The highest BCUT2D eigenvalue weighted by Crippen LogP contribution is 2.41. The summed E-state index contributed by atoms with van der Waals surface area (Å²) >= 11 is 0. The van der Waals surface area contributed by atoms with Gasteiger partial charge in [-0.25, -0.2) is 0 Å². The van der Waals surface area contributed by atoms with Crippen molar-refractivity contribution in [3.63, 3.8) is 0 Å². The Bertz CT molecular complexity index is 264. The van der Waals surface area contributed by atoms with Gasteiger partial charge in [-0.05, 0) is 11.6 Å². The lowest BCUT2D eigenvalue weighted by Gasteiger charge is -2.32. The van der Waals surface area contributed by atoms with E-state index in [0.29, 0.717) is 0 Å². The second-order valence-corrected chi connectivity index (χ2v) is 15.4. The standard InChI is InChI=1S/C15H28Si2/c1-6-17(7-2,8-3)14-13-16(4,5)15-11-9-10-12-15/h6-8,15H,1-3,9-14H2,4-5H3. The zero-order valence-electron chi connectivity index (χ0n) is 11.7. The van der Waals surface area contributed by atoms with Crippen LogP contribution in [0.15, 0.2) is 36.8 Å². The average Bonchev–Trinajstić information content (AvgIpc) is 2.86. The van der Waals surface area contributed by atoms with Crippen LogP contribution in [0.2, 0.25) is 30.7 Å². The highest BCUT2D eigenvalue weighted by molar-refractivity contribution is 6.94. The van der Waals surface area contributed by atoms with Crippen molar-refractivity contribution in [2.24, 2.45) is 0 Å². The van der Waals surface area contributed by atoms with E-state index in [1.807, 2.05) is 0 Å². The molecular weight excluding hydrogens is 236 g/mol. The highest BCUT2D eigenvalue weighted by atomic mass is 28.3. The van der Waals surface area contributed by atoms with Gasteiger partial charge in [-0.2, -0.15) is 0 Å². The predicted molar refractivity (Wildman–Crippen MR) is 85.7 cm³/mol. The molecule has 0 nitrogen and oxygen atoms in total. The Hall–Kier alpha value is -0.346. The predicted octanol–water partition coefficient (Wildman–Crippen LogP) is 5.26. The van der Waals surface area contributed by atoms with E-state index in [2.05, 4.69) is 49.9 Å². The molecule has 1 saturated carbocycles. The highest BCUT2D eigenvalue weighted by Gasteiger charge is 2.35. The summed E-state index contributed by atoms with van der Waals surface area (Å²) in [5.41, 5.74) is 7.50. The Morgan fingerprint density at radius 1 is 0.941 bits per heavy atom. The van der Waals surface area contributed by atoms with Crippen LogP contribution in [0.5, 0.6) is 0 Å². The molecule has 0 spiro atoms. The summed E-state index contributed by atoms with van der Waals surface area (Å²) < 4.78 is 0. The first-order valence-corrected chi connectivity index (χ1v) is 12.6. The molecule has 1 aliphatic rings. The molecule has 1 rings (SSSR count). The molecule has 0 heterocycles. The fourth-order valence-electron chi connectivity index (χ4n) is 3.01. The van der Waals surface area contributed by atoms with Crippen molar-refractivity contribution < 1.29 is 0 Å². The molecule has 0 bridgehead atoms. The van der Waals surface area contributed by atoms with Gasteiger partial charge >= 0.3 is 0 Å². The summed E-state index contributed by atoms with van der Waals surface area (Å²) in [6.07, 6.45) is 5.91. The van der Waals surface area contributed by atoms with Crippen LogP contribution in [0.4, 0.5) is 0 Å². The maximum Gasteiger partial charge on any atom is 0.124 e. The zero-order chi connectivity index (χ0) is 12.9. The SMILES string of the molecule is C=C[Si](C=C)(C=C)CC[Si](C)(C)C1CCCC1. The molecule has 2 heteroatoms. The molecule has 0 unspecified atom stereocenters. The summed E-state index contributed by atoms with van der Waals surface area (Å²) in [5, 5.41) is 0. The van der Waals surface area contributed by atoms with E-state index >= 15 is 0 Å². The van der Waals surface area contributed by atoms with Crippen molar-refractivity contribution in [3.8, 4) is 0 Å². The molecular formula is C15H28Si2. The Kier molecular flexibility index (Phi) is 5.20. The van der Waals surface area contributed by atoms with Crippen LogP contribution in [0, 0.1) is 0 Å². The van der Waals surface area contributed by atoms with Crippen LogP contribution in [0.1, 0.15) is 25.7 Å². The molecule has 0 radical (unpaired) electrons. The lowest BCUT2D eigenvalue weighted by molar-refractivity contribution is 0.829. The van der Waals surface area contributed by atoms with E-state index in [1.165, 1.54) is 37.8 Å². The number of hydrogen-bond donors (Lipinski definition) is 0. The van der Waals surface area contributed by atoms with Crippen molar-refractivity contribution in [2.45, 2.75) is 56.4 Å². The van der Waals surface area contributed by atoms with Crippen molar-refractivity contribution in [2.75, 3.05) is 0 Å². The second-order valence-electron chi connectivity index (χ2n) is 6.19. The third-order valence-corrected chi connectivity index (χ3v) is 13.0. The molecule has 1 fully saturated rings. The van der Waals surface area contributed by atoms with Crippen LogP contribution in [-0.2, 0) is 0 Å². The molecule has 0 aromatic carbocycles. The Morgan fingerprint density at radius 3 is 1.82 bits per heavy atom. The van der Waals surface area contributed by atoms with Gasteiger partial charge < -0.3 is 0 Å². The zero-order valence-corrected chi connectivity index (χ0v) is 13.7. The first-order valence-electron chi connectivity index (χ1n) is 6.90. The first-order chi connectivity index (χ1) is 7.99. The normalized spacial score (nSPS) is 18.0. The van der Waals surface area contributed by atoms with Crippen LogP contribution in [0.3, 0.4) is 0 Å². The van der Waals surface area contributed by atoms with Gasteiger partial charge in [0.2, 0.25) is 0 Å². The van der Waals surface area contributed by atoms with E-state index in [-0.39, 0.29) is 0 Å². The molecule has 0 aromatic heterocycles. The van der Waals surface area contributed by atoms with Crippen LogP contribution < -0.4 is 0 Å². The lowest BCUT2D eigenvalue weighted by atomic mass is 10.4. The Balaban J connectivity index is 2.61. The van der Waals surface area contributed by atoms with Gasteiger partial charge in [-0.3, -0.25) is 0 Å². The van der Waals surface area contributed by atoms with E-state index in [9.17, 15) is 0 Å². The van der Waals surface area contributed by atoms with E-state index < -0.39 is 16.1 Å². The molecule has 1 aliphatic carbocycles. The first kappa shape index (κ1) is 14.7. The van der Waals surface area contributed by atoms with Gasteiger partial charge in [-0.15, -0.1) is 19.7 Å². The summed E-state index contributed by atoms with van der Waals surface area (Å²) in [5.74, 6) is 0. The largest absolute Gasteiger partial charge is 0.124 e. The summed E-state index contributed by atoms with van der Waals surface area (Å²) in [4.78, 5) is 0. The molecule has 0 aromatic rings. The van der Waals surface area contributed by atoms with Crippen LogP contribution in [0.25, 0.3) is 0 Å². The van der Waals surface area contributed by atoms with Gasteiger partial charge in [0.25, 0.3) is 0 Å². The number of rotatable bonds is 7. The van der Waals surface area contributed by atoms with Crippen molar-refractivity contribution in [3.05, 3.63) is 36.8 Å². The van der Waals surface area contributed by atoms with Crippen molar-refractivity contribution >= 4 is 16.1 Å². The topological polar surface area (TPSA) is 0 Å². The Labute approximate surface area is 110 Å². The van der Waals surface area contributed by atoms with Crippen LogP contribution >= 0.6 is 0 Å². The average molecular weight is 265 g/mol. The third-order valence-electron chi connectivity index (χ3n) is 4.80. The van der Waals surface area contributed by atoms with Gasteiger partial charge in [0.1, 0.15) is 8.07 Å². The molecule has 0 saturated heterocycles. The Morgan fingerprint density at radius 2 is 1.41 bits per heavy atom. The molecule has 0 atom stereocenters. The van der Waals surface area contributed by atoms with Crippen molar-refractivity contribution in [1.82, 2.24) is 0 Å². The van der Waals surface area contributed by atoms with Gasteiger partial charge in [0, 0.05) is 0 Å². The maximum atomic E-state index is 4.01. The minimum Gasteiger partial charge on any atom is -0.106 e. The minimum absolute atomic E-state index is 1.04. The molecule has 0 N–H and O–H groups in total. The third kappa shape index (κ3) is 3.55. The molecule has 17 heavy (non-hydrogen) atoms. The lowest BCUT2D eigenvalue weighted by Crippen LogP contribution is -2.36. The molecule has 0 aliphatic heterocycles. The van der Waals surface area contributed by atoms with Crippen molar-refractivity contribution in [1.29, 1.82) is 0 Å². The van der Waals surface area contributed by atoms with E-state index in [1.54, 1.807) is 0 Å². The fourth-order valence-corrected chi connectivity index (χ4v) is 10.8. The minimum atomic E-state index is -1.55. The summed E-state index contributed by atoms with van der Waals surface area (Å²) in [6, 6.07) is 2.72. The van der Waals surface area contributed by atoms with E-state index in [4.69, 9.17) is 0 Å². The molecule has 0 amide bonds. The van der Waals surface area contributed by atoms with Gasteiger partial charge in [-0.1, -0.05) is 61.9 Å². The maximum absolute atomic E-state index is 4.01. The summed E-state index contributed by atoms with van der Waals surface area (Å²) in [6.45, 7) is 17.2. The van der Waals surface area contributed by atoms with Gasteiger partial charge in [0.15, 0.2) is 0 Å². The number of hydrogen-bond acceptors (Lipinski definition) is 0. The van der Waals surface area contributed by atoms with Gasteiger partial charge in [0.05, 0.1) is 8.07 Å². The molecule has 96 valence electrons. The smallest absolute Gasteiger partial charge is 0.106 e.